The number of carbonyl (C=O) groups is 1. The van der Waals surface area contributed by atoms with Crippen LogP contribution in [0.5, 0.6) is 0 Å². The van der Waals surface area contributed by atoms with Crippen molar-refractivity contribution in [3.05, 3.63) is 23.2 Å². The maximum Gasteiger partial charge on any atom is 0.301 e. The van der Waals surface area contributed by atoms with Gasteiger partial charge in [0.1, 0.15) is 5.76 Å². The number of hydrogen-bond donors (Lipinski definition) is 2. The number of nitrogens with zero attached hydrogens (tertiary/aromatic N) is 1. The van der Waals surface area contributed by atoms with Gasteiger partial charge in [0.15, 0.2) is 5.76 Å². The van der Waals surface area contributed by atoms with Crippen LogP contribution in [-0.2, 0) is 6.54 Å². The third-order valence-electron chi connectivity index (χ3n) is 3.87. The molecule has 1 unspecified atom stereocenters. The Balaban J connectivity index is 2.01. The number of aryl methyl sites for hydroxylation is 1. The molecule has 1 aliphatic heterocycles. The number of nitrogens with one attached hydrogen (secondary N) is 1. The number of hydrogen-bond acceptors (Lipinski definition) is 4. The van der Waals surface area contributed by atoms with Gasteiger partial charge in [0.25, 0.3) is 0 Å². The molecule has 0 spiro atoms. The fourth-order valence-electron chi connectivity index (χ4n) is 2.77. The molecule has 1 atom stereocenters. The zero-order chi connectivity index (χ0) is 13.8. The standard InChI is InChI=1S/C14H23N3O2/c1-3-11-5-4-6-17(8-11)9-12-7-10(2)13(19-12)14(18)16-15/h7,11H,3-6,8-9,15H2,1-2H3,(H,16,18). The smallest absolute Gasteiger partial charge is 0.301 e. The van der Waals surface area contributed by atoms with Gasteiger partial charge in [-0.3, -0.25) is 15.1 Å². The highest BCUT2D eigenvalue weighted by Gasteiger charge is 2.21. The summed E-state index contributed by atoms with van der Waals surface area (Å²) in [7, 11) is 0. The van der Waals surface area contributed by atoms with Crippen molar-refractivity contribution in [2.45, 2.75) is 39.7 Å². The number of likely N-dealkylation sites (tertiary alicyclic amines) is 1. The molecule has 0 aromatic carbocycles. The summed E-state index contributed by atoms with van der Waals surface area (Å²) in [5.41, 5.74) is 2.94. The summed E-state index contributed by atoms with van der Waals surface area (Å²) >= 11 is 0. The first kappa shape index (κ1) is 14.1. The number of amides is 1. The van der Waals surface area contributed by atoms with Crippen molar-refractivity contribution in [3.8, 4) is 0 Å². The Bertz CT molecular complexity index is 442. The molecule has 1 aromatic rings. The Morgan fingerprint density at radius 2 is 2.42 bits per heavy atom. The molecule has 0 radical (unpaired) electrons. The molecule has 0 bridgehead atoms. The lowest BCUT2D eigenvalue weighted by Gasteiger charge is -2.31. The lowest BCUT2D eigenvalue weighted by molar-refractivity contribution is 0.0918. The number of furan rings is 1. The van der Waals surface area contributed by atoms with Crippen LogP contribution in [0.1, 0.15) is 48.1 Å². The van der Waals surface area contributed by atoms with Gasteiger partial charge >= 0.3 is 5.91 Å². The molecule has 5 nitrogen and oxygen atoms in total. The monoisotopic (exact) mass is 265 g/mol. The average molecular weight is 265 g/mol. The van der Waals surface area contributed by atoms with E-state index in [-0.39, 0.29) is 5.91 Å². The maximum absolute atomic E-state index is 11.5. The van der Waals surface area contributed by atoms with E-state index >= 15 is 0 Å². The maximum atomic E-state index is 11.5. The van der Waals surface area contributed by atoms with Gasteiger partial charge in [0.05, 0.1) is 6.54 Å². The van der Waals surface area contributed by atoms with E-state index in [1.54, 1.807) is 0 Å². The first-order valence-electron chi connectivity index (χ1n) is 6.96. The molecule has 1 amide bonds. The average Bonchev–Trinajstić information content (AvgIpc) is 2.79. The summed E-state index contributed by atoms with van der Waals surface area (Å²) < 4.78 is 5.61. The van der Waals surface area contributed by atoms with Crippen LogP contribution < -0.4 is 11.3 Å². The lowest BCUT2D eigenvalue weighted by atomic mass is 9.96. The van der Waals surface area contributed by atoms with Gasteiger partial charge in [-0.1, -0.05) is 13.3 Å². The van der Waals surface area contributed by atoms with Crippen molar-refractivity contribution in [3.63, 3.8) is 0 Å². The second-order valence-electron chi connectivity index (χ2n) is 5.35. The summed E-state index contributed by atoms with van der Waals surface area (Å²) in [6.07, 6.45) is 3.80. The minimum absolute atomic E-state index is 0.321. The third-order valence-corrected chi connectivity index (χ3v) is 3.87. The van der Waals surface area contributed by atoms with E-state index in [1.807, 2.05) is 13.0 Å². The zero-order valence-corrected chi connectivity index (χ0v) is 11.7. The minimum Gasteiger partial charge on any atom is -0.454 e. The predicted octanol–water partition coefficient (Wildman–Crippen LogP) is 1.81. The molecule has 19 heavy (non-hydrogen) atoms. The zero-order valence-electron chi connectivity index (χ0n) is 11.7. The molecule has 3 N–H and O–H groups in total. The molecule has 1 aliphatic rings. The van der Waals surface area contributed by atoms with E-state index < -0.39 is 0 Å². The van der Waals surface area contributed by atoms with Crippen molar-refractivity contribution in [2.24, 2.45) is 11.8 Å². The number of carbonyl (C=O) groups excluding carboxylic acids is 1. The molecule has 2 rings (SSSR count). The summed E-state index contributed by atoms with van der Waals surface area (Å²) in [6.45, 7) is 7.11. The molecule has 2 heterocycles. The Morgan fingerprint density at radius 1 is 1.63 bits per heavy atom. The molecule has 1 saturated heterocycles. The van der Waals surface area contributed by atoms with Crippen molar-refractivity contribution in [1.29, 1.82) is 0 Å². The lowest BCUT2D eigenvalue weighted by Crippen LogP contribution is -2.34. The number of rotatable bonds is 4. The molecule has 5 heteroatoms. The molecular weight excluding hydrogens is 242 g/mol. The molecule has 0 saturated carbocycles. The van der Waals surface area contributed by atoms with Gasteiger partial charge in [-0.15, -0.1) is 0 Å². The second kappa shape index (κ2) is 6.21. The van der Waals surface area contributed by atoms with Crippen LogP contribution in [0.2, 0.25) is 0 Å². The minimum atomic E-state index is -0.367. The molecule has 1 aromatic heterocycles. The van der Waals surface area contributed by atoms with Crippen LogP contribution in [0, 0.1) is 12.8 Å². The van der Waals surface area contributed by atoms with Crippen LogP contribution >= 0.6 is 0 Å². The van der Waals surface area contributed by atoms with Crippen LogP contribution in [0.4, 0.5) is 0 Å². The highest BCUT2D eigenvalue weighted by molar-refractivity contribution is 5.92. The fraction of sp³-hybridized carbons (Fsp3) is 0.643. The van der Waals surface area contributed by atoms with Gasteiger partial charge in [-0.2, -0.15) is 0 Å². The number of hydrazine groups is 1. The van der Waals surface area contributed by atoms with E-state index in [0.29, 0.717) is 5.76 Å². The van der Waals surface area contributed by atoms with E-state index in [0.717, 1.165) is 36.9 Å². The highest BCUT2D eigenvalue weighted by atomic mass is 16.4. The van der Waals surface area contributed by atoms with Crippen molar-refractivity contribution < 1.29 is 9.21 Å². The number of piperidine rings is 1. The van der Waals surface area contributed by atoms with Gasteiger partial charge in [0, 0.05) is 12.1 Å². The normalized spacial score (nSPS) is 20.5. The van der Waals surface area contributed by atoms with E-state index in [2.05, 4.69) is 17.2 Å². The Morgan fingerprint density at radius 3 is 3.11 bits per heavy atom. The van der Waals surface area contributed by atoms with Crippen molar-refractivity contribution >= 4 is 5.91 Å². The highest BCUT2D eigenvalue weighted by Crippen LogP contribution is 2.22. The third kappa shape index (κ3) is 3.36. The topological polar surface area (TPSA) is 71.5 Å². The quantitative estimate of drug-likeness (QED) is 0.495. The van der Waals surface area contributed by atoms with E-state index in [4.69, 9.17) is 10.3 Å². The predicted molar refractivity (Wildman–Crippen MR) is 73.4 cm³/mol. The first-order valence-corrected chi connectivity index (χ1v) is 6.96. The Kier molecular flexibility index (Phi) is 4.61. The van der Waals surface area contributed by atoms with Crippen LogP contribution in [0.15, 0.2) is 10.5 Å². The van der Waals surface area contributed by atoms with Crippen LogP contribution in [0.25, 0.3) is 0 Å². The summed E-state index contributed by atoms with van der Waals surface area (Å²) in [5, 5.41) is 0. The van der Waals surface area contributed by atoms with E-state index in [9.17, 15) is 4.79 Å². The van der Waals surface area contributed by atoms with Gasteiger partial charge in [-0.25, -0.2) is 5.84 Å². The van der Waals surface area contributed by atoms with E-state index in [1.165, 1.54) is 19.3 Å². The number of nitrogens with two attached hydrogens (primary N) is 1. The SMILES string of the molecule is CCC1CCCN(Cc2cc(C)c(C(=O)NN)o2)C1. The largest absolute Gasteiger partial charge is 0.454 e. The molecular formula is C14H23N3O2. The fourth-order valence-corrected chi connectivity index (χ4v) is 2.77. The first-order chi connectivity index (χ1) is 9.13. The van der Waals surface area contributed by atoms with Gasteiger partial charge in [-0.05, 0) is 38.3 Å². The number of nitrogen functional groups attached to an aromatic ring is 1. The van der Waals surface area contributed by atoms with Crippen molar-refractivity contribution in [1.82, 2.24) is 10.3 Å². The van der Waals surface area contributed by atoms with Crippen LogP contribution in [0.3, 0.4) is 0 Å². The van der Waals surface area contributed by atoms with Crippen LogP contribution in [-0.4, -0.2) is 23.9 Å². The summed E-state index contributed by atoms with van der Waals surface area (Å²) in [6, 6.07) is 1.93. The van der Waals surface area contributed by atoms with Gasteiger partial charge < -0.3 is 4.42 Å². The van der Waals surface area contributed by atoms with Gasteiger partial charge in [0.2, 0.25) is 0 Å². The molecule has 0 aliphatic carbocycles. The summed E-state index contributed by atoms with van der Waals surface area (Å²) in [4.78, 5) is 13.9. The second-order valence-corrected chi connectivity index (χ2v) is 5.35. The molecule has 106 valence electrons. The summed E-state index contributed by atoms with van der Waals surface area (Å²) in [5.74, 6) is 6.72. The molecule has 1 fully saturated rings. The van der Waals surface area contributed by atoms with Crippen molar-refractivity contribution in [2.75, 3.05) is 13.1 Å². The Labute approximate surface area is 114 Å². The Hall–Kier alpha value is -1.33.